The predicted octanol–water partition coefficient (Wildman–Crippen LogP) is 12.9. The van der Waals surface area contributed by atoms with E-state index in [0.29, 0.717) is 0 Å². The summed E-state index contributed by atoms with van der Waals surface area (Å²) in [6.45, 7) is 13.4. The lowest BCUT2D eigenvalue weighted by Crippen LogP contribution is -2.55. The average molecular weight is 743 g/mol. The molecule has 3 nitrogen and oxygen atoms in total. The maximum Gasteiger partial charge on any atom is 0.333 e. The number of para-hydroxylation sites is 3. The zero-order valence-corrected chi connectivity index (χ0v) is 33.5. The number of hydrogen-bond donors (Lipinski definition) is 0. The van der Waals surface area contributed by atoms with E-state index in [2.05, 4.69) is 178 Å². The number of furan rings is 1. The first-order valence-corrected chi connectivity index (χ1v) is 20.5. The summed E-state index contributed by atoms with van der Waals surface area (Å²) < 4.78 is 12.3. The van der Waals surface area contributed by atoms with Crippen LogP contribution in [-0.2, 0) is 0 Å². The summed E-state index contributed by atoms with van der Waals surface area (Å²) in [6.07, 6.45) is 0. The first-order chi connectivity index (χ1) is 28.2. The molecule has 0 fully saturated rings. The third-order valence-corrected chi connectivity index (χ3v) is 13.6. The van der Waals surface area contributed by atoms with Crippen LogP contribution in [0.1, 0.15) is 33.4 Å². The average Bonchev–Trinajstić information content (AvgIpc) is 3.85. The van der Waals surface area contributed by atoms with E-state index < -0.39 is 0 Å². The van der Waals surface area contributed by atoms with E-state index in [1.54, 1.807) is 0 Å². The van der Waals surface area contributed by atoms with Crippen LogP contribution in [0.4, 0.5) is 0 Å². The van der Waals surface area contributed by atoms with E-state index in [9.17, 15) is 0 Å². The molecule has 13 rings (SSSR count). The van der Waals surface area contributed by atoms with Gasteiger partial charge in [-0.05, 0) is 133 Å². The molecule has 0 saturated carbocycles. The zero-order valence-electron chi connectivity index (χ0n) is 33.5. The lowest BCUT2D eigenvalue weighted by Gasteiger charge is -2.34. The number of benzene rings is 8. The van der Waals surface area contributed by atoms with Gasteiger partial charge < -0.3 is 13.5 Å². The molecule has 0 radical (unpaired) electrons. The van der Waals surface area contributed by atoms with Crippen LogP contribution in [0.25, 0.3) is 105 Å². The van der Waals surface area contributed by atoms with Crippen LogP contribution in [0.5, 0.6) is 0 Å². The van der Waals surface area contributed by atoms with E-state index in [1.165, 1.54) is 127 Å². The lowest BCUT2D eigenvalue weighted by atomic mass is 9.45. The first-order valence-electron chi connectivity index (χ1n) is 20.5. The second kappa shape index (κ2) is 11.0. The van der Waals surface area contributed by atoms with Gasteiger partial charge in [-0.25, -0.2) is 0 Å². The number of aromatic nitrogens is 2. The van der Waals surface area contributed by atoms with Crippen molar-refractivity contribution in [3.63, 3.8) is 0 Å². The Balaban J connectivity index is 1.27. The largest absolute Gasteiger partial charge is 0.455 e. The maximum absolute atomic E-state index is 6.99. The van der Waals surface area contributed by atoms with Gasteiger partial charge in [0.05, 0.1) is 11.0 Å². The van der Waals surface area contributed by atoms with Crippen molar-refractivity contribution < 1.29 is 4.42 Å². The fourth-order valence-corrected chi connectivity index (χ4v) is 11.7. The van der Waals surface area contributed by atoms with Gasteiger partial charge in [0.25, 0.3) is 0 Å². The molecule has 4 heteroatoms. The monoisotopic (exact) mass is 742 g/mol. The molecule has 5 heterocycles. The van der Waals surface area contributed by atoms with Crippen LogP contribution in [-0.4, -0.2) is 15.9 Å². The maximum atomic E-state index is 6.99. The van der Waals surface area contributed by atoms with Gasteiger partial charge in [-0.1, -0.05) is 102 Å². The Kier molecular flexibility index (Phi) is 6.13. The highest BCUT2D eigenvalue weighted by Gasteiger charge is 2.43. The molecule has 8 aromatic carbocycles. The van der Waals surface area contributed by atoms with E-state index in [-0.39, 0.29) is 6.85 Å². The first kappa shape index (κ1) is 32.3. The van der Waals surface area contributed by atoms with E-state index in [4.69, 9.17) is 4.42 Å². The minimum absolute atomic E-state index is 0.0775. The van der Waals surface area contributed by atoms with Crippen LogP contribution in [0.3, 0.4) is 0 Å². The van der Waals surface area contributed by atoms with E-state index in [0.717, 1.165) is 21.9 Å². The minimum atomic E-state index is -0.0775. The Morgan fingerprint density at radius 3 is 1.88 bits per heavy atom. The summed E-state index contributed by atoms with van der Waals surface area (Å²) >= 11 is 0. The normalized spacial score (nSPS) is 13.0. The topological polar surface area (TPSA) is 23.0 Å². The number of aryl methyl sites for hydroxylation is 6. The minimum Gasteiger partial charge on any atom is -0.455 e. The Labute approximate surface area is 336 Å². The van der Waals surface area contributed by atoms with Gasteiger partial charge in [0.2, 0.25) is 0 Å². The van der Waals surface area contributed by atoms with Crippen LogP contribution in [0, 0.1) is 41.5 Å². The van der Waals surface area contributed by atoms with Crippen molar-refractivity contribution in [1.82, 2.24) is 9.05 Å². The highest BCUT2D eigenvalue weighted by molar-refractivity contribution is 6.90. The fraction of sp³-hybridized carbons (Fsp3) is 0.111. The molecule has 2 aliphatic heterocycles. The molecule has 0 bridgehead atoms. The molecule has 58 heavy (non-hydrogen) atoms. The second-order valence-electron chi connectivity index (χ2n) is 17.2. The highest BCUT2D eigenvalue weighted by Crippen LogP contribution is 2.48. The van der Waals surface area contributed by atoms with Crippen LogP contribution < -0.4 is 10.9 Å². The molecular weight excluding hydrogens is 703 g/mol. The summed E-state index contributed by atoms with van der Waals surface area (Å²) in [5.41, 5.74) is 26.3. The SMILES string of the molecule is Cc1cc(C)c(-c2ccc3c(c2)c2cc(-c4c(C)cc(C)cc4C)cc4c2n3-c2cc3c(oc5ccccc53)c3c2B4n2c4ccccc4c4cccc-3c42)c(C)c1. The van der Waals surface area contributed by atoms with Crippen molar-refractivity contribution in [3.05, 3.63) is 161 Å². The quantitative estimate of drug-likeness (QED) is 0.162. The van der Waals surface area contributed by atoms with E-state index in [1.807, 2.05) is 0 Å². The van der Waals surface area contributed by atoms with Gasteiger partial charge in [0.1, 0.15) is 11.2 Å². The van der Waals surface area contributed by atoms with Crippen molar-refractivity contribution in [3.8, 4) is 39.1 Å². The molecule has 0 N–H and O–H groups in total. The van der Waals surface area contributed by atoms with Crippen molar-refractivity contribution in [2.75, 3.05) is 0 Å². The van der Waals surface area contributed by atoms with Gasteiger partial charge in [-0.15, -0.1) is 0 Å². The Bertz CT molecular complexity index is 3660. The number of hydrogen-bond acceptors (Lipinski definition) is 1. The number of fused-ring (bicyclic) bond motifs is 14. The molecule has 0 spiro atoms. The van der Waals surface area contributed by atoms with Gasteiger partial charge in [-0.3, -0.25) is 0 Å². The van der Waals surface area contributed by atoms with Gasteiger partial charge >= 0.3 is 6.85 Å². The van der Waals surface area contributed by atoms with Gasteiger partial charge in [0, 0.05) is 60.2 Å². The summed E-state index contributed by atoms with van der Waals surface area (Å²) in [6, 6.07) is 48.4. The lowest BCUT2D eigenvalue weighted by molar-refractivity contribution is 0.670. The molecule has 3 aromatic heterocycles. The zero-order chi connectivity index (χ0) is 38.9. The molecule has 0 amide bonds. The number of rotatable bonds is 2. The molecule has 0 aliphatic carbocycles. The smallest absolute Gasteiger partial charge is 0.333 e. The Morgan fingerprint density at radius 2 is 1.12 bits per heavy atom. The van der Waals surface area contributed by atoms with Crippen molar-refractivity contribution in [2.45, 2.75) is 41.5 Å². The summed E-state index contributed by atoms with van der Waals surface area (Å²) in [5.74, 6) is 0. The summed E-state index contributed by atoms with van der Waals surface area (Å²) in [7, 11) is 0. The van der Waals surface area contributed by atoms with Crippen molar-refractivity contribution >= 4 is 83.3 Å². The van der Waals surface area contributed by atoms with Crippen molar-refractivity contribution in [2.24, 2.45) is 0 Å². The molecular formula is C54H39BN2O. The molecule has 0 saturated heterocycles. The van der Waals surface area contributed by atoms with Crippen LogP contribution in [0.2, 0.25) is 0 Å². The standard InChI is InChI=1S/C54H39BN2O/c1-28-20-30(3)48(31(4)21-28)34-18-19-44-40(24-34)41-25-35(49-32(5)22-29(2)23-33(49)6)26-43-53(41)56(44)46-27-42-37-13-8-10-17-47(37)58-54(42)50-39-15-11-14-38-36-12-7-9-16-45(36)57(52(38)39)55(43)51(46)50/h7-27H,1-6H3. The Morgan fingerprint density at radius 1 is 0.466 bits per heavy atom. The van der Waals surface area contributed by atoms with Crippen LogP contribution >= 0.6 is 0 Å². The molecule has 0 atom stereocenters. The molecule has 274 valence electrons. The van der Waals surface area contributed by atoms with Gasteiger partial charge in [-0.2, -0.15) is 0 Å². The summed E-state index contributed by atoms with van der Waals surface area (Å²) in [4.78, 5) is 0. The molecule has 0 unspecified atom stereocenters. The predicted molar refractivity (Wildman–Crippen MR) is 246 cm³/mol. The van der Waals surface area contributed by atoms with Gasteiger partial charge in [0.15, 0.2) is 0 Å². The fourth-order valence-electron chi connectivity index (χ4n) is 11.7. The molecule has 11 aromatic rings. The third-order valence-electron chi connectivity index (χ3n) is 13.6. The van der Waals surface area contributed by atoms with E-state index >= 15 is 0 Å². The second-order valence-corrected chi connectivity index (χ2v) is 17.2. The third kappa shape index (κ3) is 3.95. The Hall–Kier alpha value is -6.78. The van der Waals surface area contributed by atoms with Crippen LogP contribution in [0.15, 0.2) is 132 Å². The molecule has 2 aliphatic rings. The van der Waals surface area contributed by atoms with Crippen molar-refractivity contribution in [1.29, 1.82) is 0 Å². The number of nitrogens with zero attached hydrogens (tertiary/aromatic N) is 2. The summed E-state index contributed by atoms with van der Waals surface area (Å²) in [5, 5.41) is 7.45. The highest BCUT2D eigenvalue weighted by atomic mass is 16.3.